The maximum Gasteiger partial charge on any atom is 1.00 e. The summed E-state index contributed by atoms with van der Waals surface area (Å²) in [5.41, 5.74) is 8.26. The van der Waals surface area contributed by atoms with Gasteiger partial charge in [-0.05, 0) is 25.1 Å². The van der Waals surface area contributed by atoms with E-state index >= 15 is 0 Å². The van der Waals surface area contributed by atoms with Crippen molar-refractivity contribution in [1.82, 2.24) is 14.8 Å². The Morgan fingerprint density at radius 3 is 2.75 bits per heavy atom. The standard InChI is InChI=1S/C12H8N6O3S2.K/c1-6-8(5-13)11(16-14)18(17-6)12-15-9-3-2-7(23(19,20)21)4-10(9)22-12;/h2-4,14H,1H3,(H,19,20,21);/q;+1/p-1. The Balaban J connectivity index is 0.00000208. The van der Waals surface area contributed by atoms with E-state index in [1.54, 1.807) is 6.92 Å². The molecular weight excluding hydrogens is 379 g/mol. The molecule has 0 aliphatic carbocycles. The summed E-state index contributed by atoms with van der Waals surface area (Å²) in [6.07, 6.45) is 0. The summed E-state index contributed by atoms with van der Waals surface area (Å²) in [7, 11) is -4.55. The summed E-state index contributed by atoms with van der Waals surface area (Å²) in [5.74, 6) is 0.0423. The Kier molecular flexibility index (Phi) is 5.67. The number of thiazole rings is 1. The minimum atomic E-state index is -4.55. The van der Waals surface area contributed by atoms with Crippen LogP contribution in [0.1, 0.15) is 11.3 Å². The average Bonchev–Trinajstić information content (AvgIpc) is 3.05. The molecule has 0 spiro atoms. The second kappa shape index (κ2) is 7.06. The van der Waals surface area contributed by atoms with Crippen LogP contribution in [-0.4, -0.2) is 27.7 Å². The van der Waals surface area contributed by atoms with Crippen LogP contribution in [0.4, 0.5) is 5.82 Å². The van der Waals surface area contributed by atoms with Crippen LogP contribution in [0, 0.1) is 23.8 Å². The number of aromatic nitrogens is 3. The first-order valence-corrected chi connectivity index (χ1v) is 8.31. The van der Waals surface area contributed by atoms with E-state index in [2.05, 4.69) is 15.2 Å². The number of benzene rings is 1. The second-order valence-electron chi connectivity index (χ2n) is 4.50. The number of hydrogen-bond acceptors (Lipinski definition) is 9. The zero-order valence-corrected chi connectivity index (χ0v) is 17.3. The van der Waals surface area contributed by atoms with Gasteiger partial charge in [-0.25, -0.2) is 18.9 Å². The van der Waals surface area contributed by atoms with Gasteiger partial charge in [0.15, 0.2) is 5.82 Å². The van der Waals surface area contributed by atoms with Crippen LogP contribution in [0.25, 0.3) is 15.3 Å². The maximum absolute atomic E-state index is 11.1. The molecule has 0 fully saturated rings. The molecule has 0 atom stereocenters. The van der Waals surface area contributed by atoms with Crippen LogP contribution in [0.15, 0.2) is 28.2 Å². The van der Waals surface area contributed by atoms with Gasteiger partial charge in [-0.15, -0.1) is 5.11 Å². The molecule has 9 nitrogen and oxygen atoms in total. The topological polar surface area (TPSA) is 148 Å². The summed E-state index contributed by atoms with van der Waals surface area (Å²) in [5, 5.41) is 16.9. The number of aryl methyl sites for hydroxylation is 1. The molecule has 3 aromatic rings. The van der Waals surface area contributed by atoms with E-state index in [1.165, 1.54) is 22.9 Å². The van der Waals surface area contributed by atoms with Gasteiger partial charge in [0.2, 0.25) is 5.13 Å². The fourth-order valence-corrected chi connectivity index (χ4v) is 3.55. The summed E-state index contributed by atoms with van der Waals surface area (Å²) < 4.78 is 34.9. The van der Waals surface area contributed by atoms with E-state index in [4.69, 9.17) is 10.8 Å². The van der Waals surface area contributed by atoms with Gasteiger partial charge in [0.05, 0.1) is 20.8 Å². The van der Waals surface area contributed by atoms with E-state index in [0.717, 1.165) is 11.3 Å². The monoisotopic (exact) mass is 386 g/mol. The van der Waals surface area contributed by atoms with Gasteiger partial charge in [-0.2, -0.15) is 15.0 Å². The molecule has 12 heteroatoms. The molecule has 0 aliphatic heterocycles. The minimum absolute atomic E-state index is 0. The molecule has 24 heavy (non-hydrogen) atoms. The Morgan fingerprint density at radius 2 is 2.17 bits per heavy atom. The van der Waals surface area contributed by atoms with Gasteiger partial charge in [-0.3, -0.25) is 0 Å². The Hall–Kier alpha value is -1.04. The van der Waals surface area contributed by atoms with E-state index < -0.39 is 10.1 Å². The van der Waals surface area contributed by atoms with Crippen LogP contribution in [0.3, 0.4) is 0 Å². The smallest absolute Gasteiger partial charge is 0.744 e. The number of rotatable bonds is 3. The van der Waals surface area contributed by atoms with E-state index in [-0.39, 0.29) is 67.7 Å². The van der Waals surface area contributed by atoms with Crippen molar-refractivity contribution in [2.45, 2.75) is 11.8 Å². The van der Waals surface area contributed by atoms with E-state index in [1.807, 2.05) is 6.07 Å². The van der Waals surface area contributed by atoms with Crippen molar-refractivity contribution in [3.8, 4) is 11.2 Å². The first kappa shape index (κ1) is 19.3. The molecule has 1 aromatic carbocycles. The molecule has 0 saturated heterocycles. The zero-order valence-electron chi connectivity index (χ0n) is 12.5. The molecule has 0 saturated carbocycles. The Labute approximate surface area is 183 Å². The molecule has 2 heterocycles. The molecule has 1 N–H and O–H groups in total. The third kappa shape index (κ3) is 3.34. The van der Waals surface area contributed by atoms with Gasteiger partial charge in [-0.1, -0.05) is 11.3 Å². The van der Waals surface area contributed by atoms with Gasteiger partial charge in [0.25, 0.3) is 0 Å². The van der Waals surface area contributed by atoms with Crippen LogP contribution >= 0.6 is 11.3 Å². The SMILES string of the molecule is Cc1nn(-c2nc3ccc(S(=O)(=O)[O-])cc3s2)c(N=N)c1C#N.[K+]. The van der Waals surface area contributed by atoms with Crippen molar-refractivity contribution in [2.24, 2.45) is 5.11 Å². The molecule has 0 radical (unpaired) electrons. The van der Waals surface area contributed by atoms with E-state index in [0.29, 0.717) is 21.0 Å². The van der Waals surface area contributed by atoms with Gasteiger partial charge < -0.3 is 4.55 Å². The van der Waals surface area contributed by atoms with Crippen molar-refractivity contribution in [2.75, 3.05) is 0 Å². The summed E-state index contributed by atoms with van der Waals surface area (Å²) in [6.45, 7) is 1.61. The molecule has 0 amide bonds. The fourth-order valence-electron chi connectivity index (χ4n) is 2.02. The predicted octanol–water partition coefficient (Wildman–Crippen LogP) is -0.767. The van der Waals surface area contributed by atoms with Gasteiger partial charge in [0.1, 0.15) is 21.8 Å². The average molecular weight is 386 g/mol. The van der Waals surface area contributed by atoms with Crippen molar-refractivity contribution in [3.63, 3.8) is 0 Å². The number of hydrogen-bond donors (Lipinski definition) is 1. The summed E-state index contributed by atoms with van der Waals surface area (Å²) in [6, 6.07) is 5.76. The quantitative estimate of drug-likeness (QED) is 0.355. The minimum Gasteiger partial charge on any atom is -0.744 e. The predicted molar refractivity (Wildman–Crippen MR) is 79.0 cm³/mol. The largest absolute Gasteiger partial charge is 1.00 e. The molecule has 116 valence electrons. The third-order valence-corrected chi connectivity index (χ3v) is 4.90. The maximum atomic E-state index is 11.1. The number of nitrogens with one attached hydrogen (secondary N) is 1. The fraction of sp³-hybridized carbons (Fsp3) is 0.0833. The molecule has 0 unspecified atom stereocenters. The van der Waals surface area contributed by atoms with Gasteiger partial charge in [0, 0.05) is 0 Å². The molecule has 2 aromatic heterocycles. The van der Waals surface area contributed by atoms with Crippen molar-refractivity contribution in [1.29, 1.82) is 10.8 Å². The first-order valence-electron chi connectivity index (χ1n) is 6.09. The molecule has 3 rings (SSSR count). The number of nitriles is 1. The van der Waals surface area contributed by atoms with Crippen LogP contribution in [-0.2, 0) is 10.1 Å². The van der Waals surface area contributed by atoms with Crippen LogP contribution in [0.5, 0.6) is 0 Å². The van der Waals surface area contributed by atoms with Crippen molar-refractivity contribution in [3.05, 3.63) is 29.5 Å². The van der Waals surface area contributed by atoms with Crippen LogP contribution in [0.2, 0.25) is 0 Å². The molecular formula is C12H7KN6O3S2. The van der Waals surface area contributed by atoms with Gasteiger partial charge >= 0.3 is 51.4 Å². The normalized spacial score (nSPS) is 11.0. The number of fused-ring (bicyclic) bond motifs is 1. The third-order valence-electron chi connectivity index (χ3n) is 3.07. The second-order valence-corrected chi connectivity index (χ2v) is 6.89. The summed E-state index contributed by atoms with van der Waals surface area (Å²) >= 11 is 1.08. The molecule has 0 bridgehead atoms. The van der Waals surface area contributed by atoms with E-state index in [9.17, 15) is 13.0 Å². The van der Waals surface area contributed by atoms with Crippen LogP contribution < -0.4 is 51.4 Å². The van der Waals surface area contributed by atoms with Crippen molar-refractivity contribution >= 4 is 37.5 Å². The Bertz CT molecular complexity index is 1100. The zero-order chi connectivity index (χ0) is 16.8. The summed E-state index contributed by atoms with van der Waals surface area (Å²) in [4.78, 5) is 3.93. The van der Waals surface area contributed by atoms with Crippen molar-refractivity contribution < 1.29 is 64.4 Å². The number of nitrogens with zero attached hydrogens (tertiary/aromatic N) is 5. The Morgan fingerprint density at radius 1 is 1.46 bits per heavy atom. The molecule has 0 aliphatic rings. The first-order chi connectivity index (χ1) is 10.8.